The van der Waals surface area contributed by atoms with Crippen molar-refractivity contribution >= 4 is 29.2 Å². The molecule has 6 nitrogen and oxygen atoms in total. The van der Waals surface area contributed by atoms with E-state index in [2.05, 4.69) is 10.6 Å². The third-order valence-corrected chi connectivity index (χ3v) is 4.30. The lowest BCUT2D eigenvalue weighted by molar-refractivity contribution is -0.151. The molecule has 0 spiro atoms. The molecule has 1 aromatic rings. The highest BCUT2D eigenvalue weighted by Gasteiger charge is 2.41. The van der Waals surface area contributed by atoms with Gasteiger partial charge in [0.2, 0.25) is 11.8 Å². The third kappa shape index (κ3) is 3.10. The Morgan fingerprint density at radius 1 is 0.818 bits per heavy atom. The Morgan fingerprint density at radius 2 is 1.32 bits per heavy atom. The predicted molar refractivity (Wildman–Crippen MR) is 80.3 cm³/mol. The van der Waals surface area contributed by atoms with Gasteiger partial charge >= 0.3 is 5.97 Å². The first kappa shape index (κ1) is 14.6. The van der Waals surface area contributed by atoms with Crippen LogP contribution < -0.4 is 10.6 Å². The second-order valence-electron chi connectivity index (χ2n) is 5.96. The van der Waals surface area contributed by atoms with Gasteiger partial charge in [-0.25, -0.2) is 0 Å². The Bertz CT molecular complexity index is 607. The van der Waals surface area contributed by atoms with E-state index in [1.807, 2.05) is 0 Å². The Balaban J connectivity index is 1.55. The molecule has 0 aliphatic heterocycles. The minimum absolute atomic E-state index is 0.0375. The summed E-state index contributed by atoms with van der Waals surface area (Å²) in [5.41, 5.74) is 1.30. The van der Waals surface area contributed by atoms with Gasteiger partial charge in [0.05, 0.1) is 11.8 Å². The van der Waals surface area contributed by atoms with E-state index in [0.717, 1.165) is 12.8 Å². The molecule has 3 N–H and O–H groups in total. The molecule has 6 heteroatoms. The molecule has 2 unspecified atom stereocenters. The Labute approximate surface area is 127 Å². The monoisotopic (exact) mass is 302 g/mol. The van der Waals surface area contributed by atoms with Gasteiger partial charge in [-0.3, -0.25) is 14.4 Å². The summed E-state index contributed by atoms with van der Waals surface area (Å²) in [6.45, 7) is 0. The molecule has 0 radical (unpaired) electrons. The number of benzene rings is 1. The van der Waals surface area contributed by atoms with Gasteiger partial charge in [-0.2, -0.15) is 0 Å². The van der Waals surface area contributed by atoms with Crippen LogP contribution in [0, 0.1) is 17.8 Å². The van der Waals surface area contributed by atoms with Gasteiger partial charge in [0.15, 0.2) is 0 Å². The van der Waals surface area contributed by atoms with Crippen molar-refractivity contribution in [3.8, 4) is 0 Å². The van der Waals surface area contributed by atoms with E-state index in [4.69, 9.17) is 5.11 Å². The minimum Gasteiger partial charge on any atom is -0.481 e. The average molecular weight is 302 g/mol. The summed E-state index contributed by atoms with van der Waals surface area (Å²) in [6.07, 6.45) is 3.07. The van der Waals surface area contributed by atoms with Gasteiger partial charge in [-0.1, -0.05) is 0 Å². The van der Waals surface area contributed by atoms with E-state index < -0.39 is 17.8 Å². The lowest BCUT2D eigenvalue weighted by Crippen LogP contribution is -2.41. The molecule has 2 fully saturated rings. The van der Waals surface area contributed by atoms with Gasteiger partial charge in [0.25, 0.3) is 0 Å². The molecule has 0 saturated heterocycles. The molecule has 3 rings (SSSR count). The number of hydrogen-bond donors (Lipinski definition) is 3. The summed E-state index contributed by atoms with van der Waals surface area (Å²) < 4.78 is 0. The maximum Gasteiger partial charge on any atom is 0.307 e. The number of aliphatic carboxylic acids is 1. The Kier molecular flexibility index (Phi) is 3.83. The van der Waals surface area contributed by atoms with Gasteiger partial charge in [0, 0.05) is 17.3 Å². The molecular formula is C16H18N2O4. The number of rotatable bonds is 5. The van der Waals surface area contributed by atoms with Crippen molar-refractivity contribution in [3.05, 3.63) is 24.3 Å². The first-order valence-corrected chi connectivity index (χ1v) is 7.49. The van der Waals surface area contributed by atoms with Crippen LogP contribution in [-0.2, 0) is 14.4 Å². The molecule has 2 amide bonds. The molecule has 0 aromatic heterocycles. The van der Waals surface area contributed by atoms with Crippen LogP contribution in [0.5, 0.6) is 0 Å². The second-order valence-corrected chi connectivity index (χ2v) is 5.96. The number of anilines is 2. The fourth-order valence-corrected chi connectivity index (χ4v) is 2.57. The van der Waals surface area contributed by atoms with Crippen molar-refractivity contribution in [2.75, 3.05) is 10.6 Å². The Morgan fingerprint density at radius 3 is 1.73 bits per heavy atom. The van der Waals surface area contributed by atoms with E-state index in [9.17, 15) is 14.4 Å². The molecule has 2 aliphatic rings. The number of carboxylic acids is 1. The first-order chi connectivity index (χ1) is 10.5. The van der Waals surface area contributed by atoms with E-state index in [-0.39, 0.29) is 17.7 Å². The minimum atomic E-state index is -0.912. The fourth-order valence-electron chi connectivity index (χ4n) is 2.57. The topological polar surface area (TPSA) is 95.5 Å². The van der Waals surface area contributed by atoms with Crippen molar-refractivity contribution < 1.29 is 19.5 Å². The van der Waals surface area contributed by atoms with Crippen molar-refractivity contribution in [1.82, 2.24) is 0 Å². The second kappa shape index (κ2) is 5.79. The lowest BCUT2D eigenvalue weighted by Gasteiger charge is -2.31. The van der Waals surface area contributed by atoms with Crippen LogP contribution in [0.15, 0.2) is 24.3 Å². The Hall–Kier alpha value is -2.37. The molecule has 22 heavy (non-hydrogen) atoms. The van der Waals surface area contributed by atoms with Crippen LogP contribution >= 0.6 is 0 Å². The maximum atomic E-state index is 12.0. The summed E-state index contributed by atoms with van der Waals surface area (Å²) in [6, 6.07) is 6.86. The number of amides is 2. The highest BCUT2D eigenvalue weighted by molar-refractivity contribution is 5.97. The summed E-state index contributed by atoms with van der Waals surface area (Å²) in [5, 5.41) is 14.5. The normalized spacial score (nSPS) is 23.3. The van der Waals surface area contributed by atoms with Crippen LogP contribution in [0.4, 0.5) is 11.4 Å². The first-order valence-electron chi connectivity index (χ1n) is 7.49. The molecule has 0 heterocycles. The van der Waals surface area contributed by atoms with Gasteiger partial charge in [0.1, 0.15) is 0 Å². The standard InChI is InChI=1S/C16H18N2O4/c19-14(9-1-2-9)17-10-3-5-11(6-4-10)18-15(20)12-7-8-13(12)16(21)22/h3-6,9,12-13H,1-2,7-8H2,(H,17,19)(H,18,20)(H,21,22). The zero-order valence-corrected chi connectivity index (χ0v) is 12.0. The number of carbonyl (C=O) groups excluding carboxylic acids is 2. The zero-order chi connectivity index (χ0) is 15.7. The zero-order valence-electron chi connectivity index (χ0n) is 12.0. The van der Waals surface area contributed by atoms with Gasteiger partial charge < -0.3 is 15.7 Å². The lowest BCUT2D eigenvalue weighted by atomic mass is 9.73. The van der Waals surface area contributed by atoms with E-state index in [0.29, 0.717) is 24.2 Å². The van der Waals surface area contributed by atoms with Crippen molar-refractivity contribution in [2.24, 2.45) is 17.8 Å². The third-order valence-electron chi connectivity index (χ3n) is 4.30. The molecular weight excluding hydrogens is 284 g/mol. The van der Waals surface area contributed by atoms with Gasteiger partial charge in [-0.15, -0.1) is 0 Å². The van der Waals surface area contributed by atoms with Crippen molar-refractivity contribution in [3.63, 3.8) is 0 Å². The van der Waals surface area contributed by atoms with Crippen LogP contribution in [0.1, 0.15) is 25.7 Å². The summed E-state index contributed by atoms with van der Waals surface area (Å²) in [5.74, 6) is -2.01. The maximum absolute atomic E-state index is 12.0. The van der Waals surface area contributed by atoms with Crippen molar-refractivity contribution in [2.45, 2.75) is 25.7 Å². The highest BCUT2D eigenvalue weighted by atomic mass is 16.4. The van der Waals surface area contributed by atoms with Crippen LogP contribution in [0.2, 0.25) is 0 Å². The molecule has 1 aromatic carbocycles. The molecule has 2 atom stereocenters. The smallest absolute Gasteiger partial charge is 0.307 e. The highest BCUT2D eigenvalue weighted by Crippen LogP contribution is 2.35. The molecule has 0 bridgehead atoms. The molecule has 2 saturated carbocycles. The molecule has 116 valence electrons. The predicted octanol–water partition coefficient (Wildman–Crippen LogP) is 2.08. The van der Waals surface area contributed by atoms with E-state index in [1.165, 1.54) is 0 Å². The van der Waals surface area contributed by atoms with Crippen LogP contribution in [-0.4, -0.2) is 22.9 Å². The molecule has 2 aliphatic carbocycles. The largest absolute Gasteiger partial charge is 0.481 e. The van der Waals surface area contributed by atoms with Gasteiger partial charge in [-0.05, 0) is 49.9 Å². The van der Waals surface area contributed by atoms with E-state index in [1.54, 1.807) is 24.3 Å². The van der Waals surface area contributed by atoms with Crippen LogP contribution in [0.3, 0.4) is 0 Å². The summed E-state index contributed by atoms with van der Waals surface area (Å²) >= 11 is 0. The van der Waals surface area contributed by atoms with Crippen molar-refractivity contribution in [1.29, 1.82) is 0 Å². The number of hydrogen-bond acceptors (Lipinski definition) is 3. The summed E-state index contributed by atoms with van der Waals surface area (Å²) in [7, 11) is 0. The van der Waals surface area contributed by atoms with E-state index >= 15 is 0 Å². The quantitative estimate of drug-likeness (QED) is 0.776. The number of carbonyl (C=O) groups is 3. The summed E-state index contributed by atoms with van der Waals surface area (Å²) in [4.78, 5) is 34.6. The average Bonchev–Trinajstić information content (AvgIpc) is 3.23. The number of carboxylic acid groups (broad SMARTS) is 1. The fraction of sp³-hybridized carbons (Fsp3) is 0.438. The van der Waals surface area contributed by atoms with Crippen LogP contribution in [0.25, 0.3) is 0 Å². The SMILES string of the molecule is O=C(Nc1ccc(NC(=O)C2CCC2C(=O)O)cc1)C1CC1. The number of nitrogens with one attached hydrogen (secondary N) is 2.